The third-order valence-corrected chi connectivity index (χ3v) is 1.12. The predicted molar refractivity (Wildman–Crippen MR) is 36.3 cm³/mol. The van der Waals surface area contributed by atoms with Gasteiger partial charge in [-0.25, -0.2) is 0 Å². The molecule has 0 spiro atoms. The first-order valence-corrected chi connectivity index (χ1v) is 3.31. The van der Waals surface area contributed by atoms with E-state index in [1.807, 2.05) is 6.92 Å². The first-order valence-electron chi connectivity index (χ1n) is 3.31. The number of aliphatic hydroxyl groups is 2. The Hall–Kier alpha value is -0.120. The summed E-state index contributed by atoms with van der Waals surface area (Å²) in [5.74, 6) is 0. The largest absolute Gasteiger partial charge is 0.394 e. The molecule has 0 bridgehead atoms. The van der Waals surface area contributed by atoms with Crippen molar-refractivity contribution in [3.63, 3.8) is 0 Å². The van der Waals surface area contributed by atoms with Gasteiger partial charge in [-0.2, -0.15) is 0 Å². The molecule has 0 aliphatic rings. The number of hydrogen-bond donors (Lipinski definition) is 3. The van der Waals surface area contributed by atoms with Crippen molar-refractivity contribution in [1.82, 2.24) is 5.32 Å². The number of hydrogen-bond acceptors (Lipinski definition) is 3. The van der Waals surface area contributed by atoms with Gasteiger partial charge < -0.3 is 15.5 Å². The van der Waals surface area contributed by atoms with Crippen molar-refractivity contribution in [3.05, 3.63) is 0 Å². The normalized spacial score (nSPS) is 13.7. The zero-order valence-electron chi connectivity index (χ0n) is 5.80. The van der Waals surface area contributed by atoms with E-state index in [0.717, 1.165) is 13.1 Å². The van der Waals surface area contributed by atoms with Gasteiger partial charge in [0.05, 0.1) is 12.7 Å². The Labute approximate surface area is 55.7 Å². The summed E-state index contributed by atoms with van der Waals surface area (Å²) in [6, 6.07) is 0. The Morgan fingerprint density at radius 1 is 1.56 bits per heavy atom. The summed E-state index contributed by atoms with van der Waals surface area (Å²) >= 11 is 0. The van der Waals surface area contributed by atoms with E-state index >= 15 is 0 Å². The maximum Gasteiger partial charge on any atom is 0.0783 e. The zero-order valence-corrected chi connectivity index (χ0v) is 5.80. The zero-order chi connectivity index (χ0) is 7.11. The lowest BCUT2D eigenvalue weighted by molar-refractivity contribution is 0.0885. The van der Waals surface area contributed by atoms with Gasteiger partial charge >= 0.3 is 0 Å². The van der Waals surface area contributed by atoms with Gasteiger partial charge in [0.25, 0.3) is 0 Å². The van der Waals surface area contributed by atoms with Crippen molar-refractivity contribution in [3.8, 4) is 0 Å². The summed E-state index contributed by atoms with van der Waals surface area (Å²) in [4.78, 5) is 0. The molecular formula is C6H15NO2. The monoisotopic (exact) mass is 133 g/mol. The topological polar surface area (TPSA) is 52.5 Å². The lowest BCUT2D eigenvalue weighted by Crippen LogP contribution is -2.22. The third-order valence-electron chi connectivity index (χ3n) is 1.12. The standard InChI is InChI=1S/C6H15NO2/c1-2-7-4-3-6(9)5-8/h6-9H,2-5H2,1H3. The van der Waals surface area contributed by atoms with E-state index in [0.29, 0.717) is 6.42 Å². The van der Waals surface area contributed by atoms with Crippen LogP contribution in [-0.4, -0.2) is 36.0 Å². The molecule has 9 heavy (non-hydrogen) atoms. The van der Waals surface area contributed by atoms with Crippen molar-refractivity contribution in [1.29, 1.82) is 0 Å². The highest BCUT2D eigenvalue weighted by molar-refractivity contribution is 4.53. The average Bonchev–Trinajstić information content (AvgIpc) is 1.89. The summed E-state index contributed by atoms with van der Waals surface area (Å²) in [5, 5.41) is 20.2. The van der Waals surface area contributed by atoms with E-state index < -0.39 is 6.10 Å². The molecule has 0 radical (unpaired) electrons. The smallest absolute Gasteiger partial charge is 0.0783 e. The van der Waals surface area contributed by atoms with Crippen LogP contribution >= 0.6 is 0 Å². The molecule has 0 aromatic heterocycles. The first kappa shape index (κ1) is 8.88. The molecule has 0 amide bonds. The average molecular weight is 133 g/mol. The minimum Gasteiger partial charge on any atom is -0.394 e. The van der Waals surface area contributed by atoms with E-state index in [-0.39, 0.29) is 6.61 Å². The molecule has 0 saturated heterocycles. The minimum absolute atomic E-state index is 0.134. The van der Waals surface area contributed by atoms with E-state index in [1.54, 1.807) is 0 Å². The molecule has 0 fully saturated rings. The highest BCUT2D eigenvalue weighted by Crippen LogP contribution is 1.85. The predicted octanol–water partition coefficient (Wildman–Crippen LogP) is -0.661. The number of rotatable bonds is 5. The molecule has 3 nitrogen and oxygen atoms in total. The SMILES string of the molecule is CCNCCC(O)CO. The minimum atomic E-state index is -0.552. The molecule has 1 atom stereocenters. The summed E-state index contributed by atoms with van der Waals surface area (Å²) in [6.07, 6.45) is 0.0775. The molecule has 0 rings (SSSR count). The van der Waals surface area contributed by atoms with E-state index in [2.05, 4.69) is 5.32 Å². The molecule has 3 heteroatoms. The van der Waals surface area contributed by atoms with Crippen LogP contribution in [0.4, 0.5) is 0 Å². The van der Waals surface area contributed by atoms with Crippen LogP contribution in [0.2, 0.25) is 0 Å². The Morgan fingerprint density at radius 2 is 2.22 bits per heavy atom. The first-order chi connectivity index (χ1) is 4.31. The van der Waals surface area contributed by atoms with Gasteiger partial charge in [-0.3, -0.25) is 0 Å². The van der Waals surface area contributed by atoms with Gasteiger partial charge in [0, 0.05) is 0 Å². The van der Waals surface area contributed by atoms with Crippen LogP contribution in [0.25, 0.3) is 0 Å². The van der Waals surface area contributed by atoms with Crippen molar-refractivity contribution >= 4 is 0 Å². The molecule has 0 heterocycles. The van der Waals surface area contributed by atoms with Crippen LogP contribution in [-0.2, 0) is 0 Å². The summed E-state index contributed by atoms with van der Waals surface area (Å²) in [7, 11) is 0. The van der Waals surface area contributed by atoms with Crippen LogP contribution in [0.1, 0.15) is 13.3 Å². The third kappa shape index (κ3) is 5.76. The summed E-state index contributed by atoms with van der Waals surface area (Å²) in [5.41, 5.74) is 0. The fourth-order valence-electron chi connectivity index (χ4n) is 0.537. The Balaban J connectivity index is 2.88. The highest BCUT2D eigenvalue weighted by Gasteiger charge is 1.98. The molecule has 56 valence electrons. The van der Waals surface area contributed by atoms with Crippen molar-refractivity contribution in [2.45, 2.75) is 19.4 Å². The van der Waals surface area contributed by atoms with E-state index in [1.165, 1.54) is 0 Å². The fraction of sp³-hybridized carbons (Fsp3) is 1.00. The molecule has 0 aromatic carbocycles. The second-order valence-electron chi connectivity index (χ2n) is 1.98. The Bertz CT molecular complexity index is 59.0. The maximum absolute atomic E-state index is 8.79. The van der Waals surface area contributed by atoms with E-state index in [4.69, 9.17) is 10.2 Å². The number of aliphatic hydroxyl groups excluding tert-OH is 2. The second kappa shape index (κ2) is 6.01. The summed E-state index contributed by atoms with van der Waals surface area (Å²) < 4.78 is 0. The van der Waals surface area contributed by atoms with Gasteiger partial charge in [0.2, 0.25) is 0 Å². The van der Waals surface area contributed by atoms with Crippen molar-refractivity contribution < 1.29 is 10.2 Å². The van der Waals surface area contributed by atoms with Crippen molar-refractivity contribution in [2.75, 3.05) is 19.7 Å². The van der Waals surface area contributed by atoms with E-state index in [9.17, 15) is 0 Å². The number of nitrogens with one attached hydrogen (secondary N) is 1. The second-order valence-corrected chi connectivity index (χ2v) is 1.98. The maximum atomic E-state index is 8.79. The van der Waals surface area contributed by atoms with Crippen LogP contribution in [0, 0.1) is 0 Å². The Kier molecular flexibility index (Phi) is 5.93. The van der Waals surface area contributed by atoms with Gasteiger partial charge in [-0.15, -0.1) is 0 Å². The van der Waals surface area contributed by atoms with Crippen LogP contribution in [0.3, 0.4) is 0 Å². The summed E-state index contributed by atoms with van der Waals surface area (Å²) in [6.45, 7) is 3.56. The van der Waals surface area contributed by atoms with Gasteiger partial charge in [-0.1, -0.05) is 6.92 Å². The molecular weight excluding hydrogens is 118 g/mol. The molecule has 0 aliphatic carbocycles. The lowest BCUT2D eigenvalue weighted by atomic mass is 10.3. The van der Waals surface area contributed by atoms with Crippen LogP contribution in [0.5, 0.6) is 0 Å². The van der Waals surface area contributed by atoms with Gasteiger partial charge in [0.1, 0.15) is 0 Å². The molecule has 3 N–H and O–H groups in total. The van der Waals surface area contributed by atoms with Gasteiger partial charge in [-0.05, 0) is 19.5 Å². The quantitative estimate of drug-likeness (QED) is 0.436. The molecule has 0 saturated carbocycles. The Morgan fingerprint density at radius 3 is 2.67 bits per heavy atom. The lowest BCUT2D eigenvalue weighted by Gasteiger charge is -2.05. The molecule has 1 unspecified atom stereocenters. The molecule has 0 aromatic rings. The van der Waals surface area contributed by atoms with Gasteiger partial charge in [0.15, 0.2) is 0 Å². The van der Waals surface area contributed by atoms with Crippen molar-refractivity contribution in [2.24, 2.45) is 0 Å². The van der Waals surface area contributed by atoms with Crippen LogP contribution in [0.15, 0.2) is 0 Å². The van der Waals surface area contributed by atoms with Crippen LogP contribution < -0.4 is 5.32 Å². The molecule has 0 aliphatic heterocycles. The fourth-order valence-corrected chi connectivity index (χ4v) is 0.537. The highest BCUT2D eigenvalue weighted by atomic mass is 16.3.